The minimum absolute atomic E-state index is 0.179. The number of hydrogen-bond acceptors (Lipinski definition) is 2. The Morgan fingerprint density at radius 3 is 2.10 bits per heavy atom. The molecule has 1 atom stereocenters. The van der Waals surface area contributed by atoms with Gasteiger partial charge < -0.3 is 10.4 Å². The van der Waals surface area contributed by atoms with Crippen molar-refractivity contribution in [1.29, 1.82) is 0 Å². The molecule has 2 aromatic rings. The van der Waals surface area contributed by atoms with Crippen LogP contribution in [0.15, 0.2) is 54.6 Å². The first-order valence-electron chi connectivity index (χ1n) is 7.67. The van der Waals surface area contributed by atoms with Gasteiger partial charge in [-0.3, -0.25) is 0 Å². The quantitative estimate of drug-likeness (QED) is 0.809. The molecule has 2 N–H and O–H groups in total. The third-order valence-corrected chi connectivity index (χ3v) is 3.63. The SMILES string of the molecule is CC(C)CC(CO)NCc1ccc(-c2ccccc2)cc1. The molecule has 0 amide bonds. The van der Waals surface area contributed by atoms with Crippen molar-refractivity contribution in [1.82, 2.24) is 5.32 Å². The molecular weight excluding hydrogens is 258 g/mol. The van der Waals surface area contributed by atoms with E-state index in [1.165, 1.54) is 16.7 Å². The van der Waals surface area contributed by atoms with Crippen molar-refractivity contribution in [3.63, 3.8) is 0 Å². The smallest absolute Gasteiger partial charge is 0.0584 e. The molecule has 2 heteroatoms. The van der Waals surface area contributed by atoms with Crippen molar-refractivity contribution in [3.05, 3.63) is 60.2 Å². The standard InChI is InChI=1S/C19H25NO/c1-15(2)12-19(14-21)20-13-16-8-10-18(11-9-16)17-6-4-3-5-7-17/h3-11,15,19-21H,12-14H2,1-2H3. The van der Waals surface area contributed by atoms with E-state index >= 15 is 0 Å². The van der Waals surface area contributed by atoms with Gasteiger partial charge in [-0.1, -0.05) is 68.4 Å². The second kappa shape index (κ2) is 7.96. The number of aliphatic hydroxyl groups is 1. The summed E-state index contributed by atoms with van der Waals surface area (Å²) in [6, 6.07) is 19.2. The van der Waals surface area contributed by atoms with Crippen molar-refractivity contribution >= 4 is 0 Å². The van der Waals surface area contributed by atoms with Crippen LogP contribution in [-0.4, -0.2) is 17.8 Å². The van der Waals surface area contributed by atoms with Gasteiger partial charge in [-0.2, -0.15) is 0 Å². The lowest BCUT2D eigenvalue weighted by Gasteiger charge is -2.18. The second-order valence-electron chi connectivity index (χ2n) is 5.95. The highest BCUT2D eigenvalue weighted by Crippen LogP contribution is 2.19. The van der Waals surface area contributed by atoms with Crippen LogP contribution in [0.2, 0.25) is 0 Å². The zero-order chi connectivity index (χ0) is 15.1. The lowest BCUT2D eigenvalue weighted by Crippen LogP contribution is -2.33. The molecule has 0 saturated carbocycles. The molecule has 0 saturated heterocycles. The molecule has 0 aliphatic heterocycles. The molecule has 0 spiro atoms. The van der Waals surface area contributed by atoms with E-state index in [2.05, 4.69) is 67.7 Å². The molecule has 21 heavy (non-hydrogen) atoms. The Labute approximate surface area is 127 Å². The Morgan fingerprint density at radius 1 is 0.905 bits per heavy atom. The monoisotopic (exact) mass is 283 g/mol. The van der Waals surface area contributed by atoms with Crippen LogP contribution in [0.5, 0.6) is 0 Å². The number of aliphatic hydroxyl groups excluding tert-OH is 1. The Hall–Kier alpha value is -1.64. The van der Waals surface area contributed by atoms with E-state index in [9.17, 15) is 5.11 Å². The average molecular weight is 283 g/mol. The molecule has 2 aromatic carbocycles. The van der Waals surface area contributed by atoms with Crippen LogP contribution in [0.3, 0.4) is 0 Å². The fraction of sp³-hybridized carbons (Fsp3) is 0.368. The second-order valence-corrected chi connectivity index (χ2v) is 5.95. The van der Waals surface area contributed by atoms with Crippen LogP contribution in [-0.2, 0) is 6.54 Å². The zero-order valence-electron chi connectivity index (χ0n) is 12.9. The summed E-state index contributed by atoms with van der Waals surface area (Å²) in [5.41, 5.74) is 3.72. The lowest BCUT2D eigenvalue weighted by atomic mass is 10.0. The van der Waals surface area contributed by atoms with Crippen molar-refractivity contribution in [2.75, 3.05) is 6.61 Å². The first-order valence-corrected chi connectivity index (χ1v) is 7.67. The predicted octanol–water partition coefficient (Wildman–Crippen LogP) is 3.85. The van der Waals surface area contributed by atoms with Gasteiger partial charge in [0, 0.05) is 12.6 Å². The van der Waals surface area contributed by atoms with E-state index in [0.717, 1.165) is 13.0 Å². The summed E-state index contributed by atoms with van der Waals surface area (Å²) in [6.07, 6.45) is 0.999. The molecular formula is C19H25NO. The molecule has 0 fully saturated rings. The van der Waals surface area contributed by atoms with Crippen LogP contribution in [0.1, 0.15) is 25.8 Å². The molecule has 1 unspecified atom stereocenters. The van der Waals surface area contributed by atoms with E-state index in [0.29, 0.717) is 5.92 Å². The largest absolute Gasteiger partial charge is 0.395 e. The topological polar surface area (TPSA) is 32.3 Å². The minimum Gasteiger partial charge on any atom is -0.395 e. The van der Waals surface area contributed by atoms with E-state index in [-0.39, 0.29) is 12.6 Å². The highest BCUT2D eigenvalue weighted by molar-refractivity contribution is 5.63. The highest BCUT2D eigenvalue weighted by atomic mass is 16.3. The van der Waals surface area contributed by atoms with Crippen molar-refractivity contribution < 1.29 is 5.11 Å². The fourth-order valence-corrected chi connectivity index (χ4v) is 2.50. The minimum atomic E-state index is 0.179. The van der Waals surface area contributed by atoms with E-state index in [1.807, 2.05) is 6.07 Å². The summed E-state index contributed by atoms with van der Waals surface area (Å²) in [6.45, 7) is 5.35. The van der Waals surface area contributed by atoms with Gasteiger partial charge in [-0.15, -0.1) is 0 Å². The number of hydrogen-bond donors (Lipinski definition) is 2. The Morgan fingerprint density at radius 2 is 1.52 bits per heavy atom. The molecule has 0 bridgehead atoms. The summed E-state index contributed by atoms with van der Waals surface area (Å²) >= 11 is 0. The maximum atomic E-state index is 9.38. The van der Waals surface area contributed by atoms with E-state index in [1.54, 1.807) is 0 Å². The summed E-state index contributed by atoms with van der Waals surface area (Å²) < 4.78 is 0. The lowest BCUT2D eigenvalue weighted by molar-refractivity contribution is 0.223. The first kappa shape index (κ1) is 15.7. The Kier molecular flexibility index (Phi) is 5.97. The summed E-state index contributed by atoms with van der Waals surface area (Å²) in [5, 5.41) is 12.8. The fourth-order valence-electron chi connectivity index (χ4n) is 2.50. The molecule has 0 heterocycles. The predicted molar refractivity (Wildman–Crippen MR) is 89.0 cm³/mol. The number of rotatable bonds is 7. The van der Waals surface area contributed by atoms with Crippen molar-refractivity contribution in [2.45, 2.75) is 32.9 Å². The average Bonchev–Trinajstić information content (AvgIpc) is 2.52. The maximum absolute atomic E-state index is 9.38. The molecule has 112 valence electrons. The highest BCUT2D eigenvalue weighted by Gasteiger charge is 2.08. The van der Waals surface area contributed by atoms with E-state index in [4.69, 9.17) is 0 Å². The first-order chi connectivity index (χ1) is 10.2. The van der Waals surface area contributed by atoms with Gasteiger partial charge in [0.1, 0.15) is 0 Å². The summed E-state index contributed by atoms with van der Waals surface area (Å²) in [7, 11) is 0. The zero-order valence-corrected chi connectivity index (χ0v) is 12.9. The van der Waals surface area contributed by atoms with Gasteiger partial charge in [0.25, 0.3) is 0 Å². The van der Waals surface area contributed by atoms with Gasteiger partial charge in [-0.25, -0.2) is 0 Å². The van der Waals surface area contributed by atoms with Gasteiger partial charge in [0.05, 0.1) is 6.61 Å². The molecule has 0 aliphatic carbocycles. The van der Waals surface area contributed by atoms with Crippen LogP contribution in [0.4, 0.5) is 0 Å². The van der Waals surface area contributed by atoms with E-state index < -0.39 is 0 Å². The van der Waals surface area contributed by atoms with Crippen LogP contribution >= 0.6 is 0 Å². The summed E-state index contributed by atoms with van der Waals surface area (Å²) in [4.78, 5) is 0. The molecule has 2 rings (SSSR count). The van der Waals surface area contributed by atoms with Crippen molar-refractivity contribution in [2.24, 2.45) is 5.92 Å². The van der Waals surface area contributed by atoms with Crippen LogP contribution < -0.4 is 5.32 Å². The van der Waals surface area contributed by atoms with Gasteiger partial charge in [-0.05, 0) is 29.0 Å². The Bertz CT molecular complexity index is 519. The molecule has 0 radical (unpaired) electrons. The number of benzene rings is 2. The summed E-state index contributed by atoms with van der Waals surface area (Å²) in [5.74, 6) is 0.593. The molecule has 0 aliphatic rings. The maximum Gasteiger partial charge on any atom is 0.0584 e. The van der Waals surface area contributed by atoms with Gasteiger partial charge in [0.2, 0.25) is 0 Å². The third-order valence-electron chi connectivity index (χ3n) is 3.63. The normalized spacial score (nSPS) is 12.6. The van der Waals surface area contributed by atoms with Crippen LogP contribution in [0, 0.1) is 5.92 Å². The van der Waals surface area contributed by atoms with Gasteiger partial charge in [0.15, 0.2) is 0 Å². The third kappa shape index (κ3) is 5.00. The number of nitrogens with one attached hydrogen (secondary N) is 1. The van der Waals surface area contributed by atoms with Crippen molar-refractivity contribution in [3.8, 4) is 11.1 Å². The van der Waals surface area contributed by atoms with Gasteiger partial charge >= 0.3 is 0 Å². The molecule has 2 nitrogen and oxygen atoms in total. The molecule has 0 aromatic heterocycles. The Balaban J connectivity index is 1.93. The van der Waals surface area contributed by atoms with Crippen LogP contribution in [0.25, 0.3) is 11.1 Å².